The molecular formula is C24H29N5O. The number of nitrogens with zero attached hydrogens (tertiary/aromatic N) is 3. The second kappa shape index (κ2) is 9.73. The first-order valence-electron chi connectivity index (χ1n) is 10.9. The van der Waals surface area contributed by atoms with E-state index in [0.717, 1.165) is 44.5 Å². The van der Waals surface area contributed by atoms with Crippen LogP contribution in [0.15, 0.2) is 42.6 Å². The molecule has 0 unspecified atom stereocenters. The minimum atomic E-state index is 0.318. The van der Waals surface area contributed by atoms with Gasteiger partial charge in [-0.15, -0.1) is 0 Å². The molecule has 1 aliphatic carbocycles. The summed E-state index contributed by atoms with van der Waals surface area (Å²) in [5, 5.41) is 16.5. The standard InChI is InChI=1S/C24H29N5O/c25-15-18-7-9-21(10-8-18)29-13-3-4-20(16-29)27-22-5-1-2-6-23(22)28-24-14-19(17-30)11-12-26-24/h7-12,14,17,20,22-23,27H,1-6,13,16H2,(H,26,28)/t20-,22+,23+/m0/s1. The highest BCUT2D eigenvalue weighted by Crippen LogP contribution is 2.25. The van der Waals surface area contributed by atoms with Gasteiger partial charge in [-0.3, -0.25) is 4.79 Å². The zero-order valence-electron chi connectivity index (χ0n) is 17.3. The molecule has 2 aromatic rings. The molecule has 2 heterocycles. The van der Waals surface area contributed by atoms with E-state index in [4.69, 9.17) is 5.26 Å². The molecule has 6 heteroatoms. The lowest BCUT2D eigenvalue weighted by Crippen LogP contribution is -2.55. The first-order valence-corrected chi connectivity index (χ1v) is 10.9. The third-order valence-electron chi connectivity index (χ3n) is 6.25. The summed E-state index contributed by atoms with van der Waals surface area (Å²) in [7, 11) is 0. The Morgan fingerprint density at radius 1 is 1.07 bits per heavy atom. The Balaban J connectivity index is 1.39. The topological polar surface area (TPSA) is 81.0 Å². The van der Waals surface area contributed by atoms with Crippen molar-refractivity contribution in [1.82, 2.24) is 10.3 Å². The summed E-state index contributed by atoms with van der Waals surface area (Å²) in [6, 6.07) is 14.8. The van der Waals surface area contributed by atoms with E-state index in [1.165, 1.54) is 24.9 Å². The number of hydrogen-bond acceptors (Lipinski definition) is 6. The fourth-order valence-corrected chi connectivity index (χ4v) is 4.69. The van der Waals surface area contributed by atoms with Crippen LogP contribution in [-0.4, -0.2) is 42.5 Å². The van der Waals surface area contributed by atoms with E-state index in [0.29, 0.717) is 29.3 Å². The molecular weight excluding hydrogens is 374 g/mol. The van der Waals surface area contributed by atoms with Gasteiger partial charge in [-0.25, -0.2) is 4.98 Å². The van der Waals surface area contributed by atoms with Gasteiger partial charge in [0.2, 0.25) is 0 Å². The van der Waals surface area contributed by atoms with Crippen molar-refractivity contribution in [3.63, 3.8) is 0 Å². The van der Waals surface area contributed by atoms with Crippen LogP contribution in [0.4, 0.5) is 11.5 Å². The molecule has 1 saturated heterocycles. The number of piperidine rings is 1. The van der Waals surface area contributed by atoms with Crippen molar-refractivity contribution in [3.8, 4) is 6.07 Å². The Bertz CT molecular complexity index is 891. The molecule has 2 aliphatic rings. The van der Waals surface area contributed by atoms with Crippen molar-refractivity contribution < 1.29 is 4.79 Å². The summed E-state index contributed by atoms with van der Waals surface area (Å²) >= 11 is 0. The lowest BCUT2D eigenvalue weighted by molar-refractivity contribution is 0.112. The van der Waals surface area contributed by atoms with Gasteiger partial charge in [0.05, 0.1) is 11.6 Å². The van der Waals surface area contributed by atoms with Crippen molar-refractivity contribution in [2.24, 2.45) is 0 Å². The van der Waals surface area contributed by atoms with Gasteiger partial charge in [0, 0.05) is 48.7 Å². The highest BCUT2D eigenvalue weighted by Gasteiger charge is 2.29. The lowest BCUT2D eigenvalue weighted by Gasteiger charge is -2.40. The van der Waals surface area contributed by atoms with Gasteiger partial charge in [0.15, 0.2) is 0 Å². The van der Waals surface area contributed by atoms with Crippen molar-refractivity contribution in [2.45, 2.75) is 56.7 Å². The van der Waals surface area contributed by atoms with Crippen LogP contribution in [-0.2, 0) is 0 Å². The summed E-state index contributed by atoms with van der Waals surface area (Å²) in [5.74, 6) is 0.779. The molecule has 4 rings (SSSR count). The van der Waals surface area contributed by atoms with Gasteiger partial charge in [-0.1, -0.05) is 12.8 Å². The van der Waals surface area contributed by atoms with Gasteiger partial charge >= 0.3 is 0 Å². The number of aldehydes is 1. The minimum absolute atomic E-state index is 0.318. The number of rotatable bonds is 6. The first-order chi connectivity index (χ1) is 14.7. The average molecular weight is 404 g/mol. The van der Waals surface area contributed by atoms with Crippen LogP contribution in [0.2, 0.25) is 0 Å². The largest absolute Gasteiger partial charge is 0.370 e. The summed E-state index contributed by atoms with van der Waals surface area (Å²) in [4.78, 5) is 17.9. The number of carbonyl (C=O) groups is 1. The SMILES string of the molecule is N#Cc1ccc(N2CCC[C@H](N[C@@H]3CCCC[C@H]3Nc3cc(C=O)ccn3)C2)cc1. The zero-order valence-corrected chi connectivity index (χ0v) is 17.3. The minimum Gasteiger partial charge on any atom is -0.370 e. The van der Waals surface area contributed by atoms with E-state index in [1.54, 1.807) is 12.3 Å². The van der Waals surface area contributed by atoms with Crippen LogP contribution in [0.1, 0.15) is 54.4 Å². The Hall–Kier alpha value is -2.91. The predicted octanol–water partition coefficient (Wildman–Crippen LogP) is 3.75. The summed E-state index contributed by atoms with van der Waals surface area (Å²) < 4.78 is 0. The third-order valence-corrected chi connectivity index (χ3v) is 6.25. The second-order valence-electron chi connectivity index (χ2n) is 8.34. The van der Waals surface area contributed by atoms with Crippen LogP contribution in [0.5, 0.6) is 0 Å². The molecule has 30 heavy (non-hydrogen) atoms. The maximum absolute atomic E-state index is 11.1. The number of pyridine rings is 1. The fraction of sp³-hybridized carbons (Fsp3) is 0.458. The third kappa shape index (κ3) is 4.98. The highest BCUT2D eigenvalue weighted by molar-refractivity contribution is 5.76. The first kappa shape index (κ1) is 20.4. The molecule has 2 N–H and O–H groups in total. The number of nitriles is 1. The summed E-state index contributed by atoms with van der Waals surface area (Å²) in [5.41, 5.74) is 2.54. The molecule has 1 aliphatic heterocycles. The molecule has 1 aromatic heterocycles. The molecule has 6 nitrogen and oxygen atoms in total. The molecule has 0 amide bonds. The number of hydrogen-bond donors (Lipinski definition) is 2. The molecule has 0 radical (unpaired) electrons. The Morgan fingerprint density at radius 2 is 1.87 bits per heavy atom. The predicted molar refractivity (Wildman–Crippen MR) is 119 cm³/mol. The lowest BCUT2D eigenvalue weighted by atomic mass is 9.89. The molecule has 3 atom stereocenters. The highest BCUT2D eigenvalue weighted by atomic mass is 16.1. The number of aromatic nitrogens is 1. The monoisotopic (exact) mass is 403 g/mol. The van der Waals surface area contributed by atoms with Crippen LogP contribution in [0.3, 0.4) is 0 Å². The molecule has 156 valence electrons. The number of benzene rings is 1. The van der Waals surface area contributed by atoms with Crippen LogP contribution in [0, 0.1) is 11.3 Å². The molecule has 1 saturated carbocycles. The Morgan fingerprint density at radius 3 is 2.63 bits per heavy atom. The van der Waals surface area contributed by atoms with Gasteiger partial charge in [0.25, 0.3) is 0 Å². The average Bonchev–Trinajstić information content (AvgIpc) is 2.81. The second-order valence-corrected chi connectivity index (χ2v) is 8.34. The molecule has 0 bridgehead atoms. The van der Waals surface area contributed by atoms with Crippen molar-refractivity contribution in [1.29, 1.82) is 5.26 Å². The van der Waals surface area contributed by atoms with E-state index in [2.05, 4.69) is 38.7 Å². The van der Waals surface area contributed by atoms with E-state index in [9.17, 15) is 4.79 Å². The van der Waals surface area contributed by atoms with Gasteiger partial charge < -0.3 is 15.5 Å². The van der Waals surface area contributed by atoms with Crippen molar-refractivity contribution in [3.05, 3.63) is 53.7 Å². The van der Waals surface area contributed by atoms with Gasteiger partial charge in [-0.05, 0) is 62.1 Å². The van der Waals surface area contributed by atoms with Crippen LogP contribution < -0.4 is 15.5 Å². The smallest absolute Gasteiger partial charge is 0.150 e. The molecule has 1 aromatic carbocycles. The molecule has 2 fully saturated rings. The van der Waals surface area contributed by atoms with Crippen LogP contribution in [0.25, 0.3) is 0 Å². The fourth-order valence-electron chi connectivity index (χ4n) is 4.69. The number of anilines is 2. The summed E-state index contributed by atoms with van der Waals surface area (Å²) in [6.07, 6.45) is 9.60. The maximum atomic E-state index is 11.1. The van der Waals surface area contributed by atoms with Crippen molar-refractivity contribution in [2.75, 3.05) is 23.3 Å². The van der Waals surface area contributed by atoms with E-state index >= 15 is 0 Å². The van der Waals surface area contributed by atoms with Crippen LogP contribution >= 0.6 is 0 Å². The van der Waals surface area contributed by atoms with E-state index in [1.807, 2.05) is 18.2 Å². The molecule has 0 spiro atoms. The number of carbonyl (C=O) groups excluding carboxylic acids is 1. The normalized spacial score (nSPS) is 24.1. The quantitative estimate of drug-likeness (QED) is 0.715. The Kier molecular flexibility index (Phi) is 6.60. The zero-order chi connectivity index (χ0) is 20.8. The number of nitrogens with one attached hydrogen (secondary N) is 2. The Labute approximate surface area is 178 Å². The summed E-state index contributed by atoms with van der Waals surface area (Å²) in [6.45, 7) is 2.03. The van der Waals surface area contributed by atoms with E-state index < -0.39 is 0 Å². The van der Waals surface area contributed by atoms with Gasteiger partial charge in [0.1, 0.15) is 12.1 Å². The van der Waals surface area contributed by atoms with Gasteiger partial charge in [-0.2, -0.15) is 5.26 Å². The van der Waals surface area contributed by atoms with Crippen molar-refractivity contribution >= 4 is 17.8 Å². The maximum Gasteiger partial charge on any atom is 0.150 e. The van der Waals surface area contributed by atoms with E-state index in [-0.39, 0.29) is 0 Å².